The van der Waals surface area contributed by atoms with E-state index in [0.717, 1.165) is 31.4 Å². The van der Waals surface area contributed by atoms with Crippen molar-refractivity contribution in [3.05, 3.63) is 60.2 Å². The van der Waals surface area contributed by atoms with Crippen LogP contribution in [0.3, 0.4) is 0 Å². The molecule has 0 atom stereocenters. The molecule has 2 aromatic rings. The van der Waals surface area contributed by atoms with Gasteiger partial charge in [0.2, 0.25) is 0 Å². The molecule has 0 spiro atoms. The number of urea groups is 1. The van der Waals surface area contributed by atoms with Gasteiger partial charge in [0.05, 0.1) is 6.10 Å². The van der Waals surface area contributed by atoms with Crippen LogP contribution in [0.5, 0.6) is 0 Å². The van der Waals surface area contributed by atoms with Gasteiger partial charge >= 0.3 is 6.03 Å². The third kappa shape index (κ3) is 5.07. The highest BCUT2D eigenvalue weighted by atomic mass is 16.3. The standard InChI is InChI=1S/C20H23N3O3/c24-18-12-10-17(11-13-18)23-20(26)22-16-8-6-14(7-9-16)19(25)21-15-4-2-1-3-5-15/h1-9,17-18,24H,10-13H2,(H,21,25)(H2,22,23,26). The maximum Gasteiger partial charge on any atom is 0.319 e. The van der Waals surface area contributed by atoms with Gasteiger partial charge in [-0.2, -0.15) is 0 Å². The smallest absolute Gasteiger partial charge is 0.319 e. The van der Waals surface area contributed by atoms with E-state index in [1.807, 2.05) is 30.3 Å². The summed E-state index contributed by atoms with van der Waals surface area (Å²) in [6, 6.07) is 15.8. The molecular formula is C20H23N3O3. The molecule has 1 saturated carbocycles. The van der Waals surface area contributed by atoms with Crippen LogP contribution in [0, 0.1) is 0 Å². The van der Waals surface area contributed by atoms with Crippen molar-refractivity contribution >= 4 is 23.3 Å². The predicted molar refractivity (Wildman–Crippen MR) is 101 cm³/mol. The van der Waals surface area contributed by atoms with Crippen molar-refractivity contribution in [2.45, 2.75) is 37.8 Å². The Balaban J connectivity index is 1.51. The molecule has 0 aromatic heterocycles. The Hall–Kier alpha value is -2.86. The molecular weight excluding hydrogens is 330 g/mol. The molecule has 3 amide bonds. The first kappa shape index (κ1) is 17.9. The lowest BCUT2D eigenvalue weighted by Crippen LogP contribution is -2.40. The molecule has 0 saturated heterocycles. The monoisotopic (exact) mass is 353 g/mol. The zero-order chi connectivity index (χ0) is 18.4. The zero-order valence-electron chi connectivity index (χ0n) is 14.4. The summed E-state index contributed by atoms with van der Waals surface area (Å²) in [5, 5.41) is 18.0. The fourth-order valence-electron chi connectivity index (χ4n) is 3.00. The Morgan fingerprint density at radius 1 is 0.808 bits per heavy atom. The van der Waals surface area contributed by atoms with Crippen molar-refractivity contribution < 1.29 is 14.7 Å². The third-order valence-corrected chi connectivity index (χ3v) is 4.47. The molecule has 0 radical (unpaired) electrons. The minimum atomic E-state index is -0.270. The van der Waals surface area contributed by atoms with Gasteiger partial charge in [0.25, 0.3) is 5.91 Å². The summed E-state index contributed by atoms with van der Waals surface area (Å²) >= 11 is 0. The van der Waals surface area contributed by atoms with Gasteiger partial charge in [0.15, 0.2) is 0 Å². The lowest BCUT2D eigenvalue weighted by Gasteiger charge is -2.26. The molecule has 1 fully saturated rings. The van der Waals surface area contributed by atoms with Crippen molar-refractivity contribution in [3.8, 4) is 0 Å². The predicted octanol–water partition coefficient (Wildman–Crippen LogP) is 3.36. The quantitative estimate of drug-likeness (QED) is 0.679. The topological polar surface area (TPSA) is 90.5 Å². The number of anilines is 2. The molecule has 4 N–H and O–H groups in total. The Bertz CT molecular complexity index is 739. The van der Waals surface area contributed by atoms with Crippen LogP contribution in [-0.2, 0) is 0 Å². The second-order valence-corrected chi connectivity index (χ2v) is 6.50. The maximum absolute atomic E-state index is 12.2. The average Bonchev–Trinajstić information content (AvgIpc) is 2.65. The number of carbonyl (C=O) groups is 2. The minimum Gasteiger partial charge on any atom is -0.393 e. The summed E-state index contributed by atoms with van der Waals surface area (Å²) in [7, 11) is 0. The highest BCUT2D eigenvalue weighted by Crippen LogP contribution is 2.18. The van der Waals surface area contributed by atoms with E-state index in [4.69, 9.17) is 0 Å². The first-order chi connectivity index (χ1) is 12.6. The van der Waals surface area contributed by atoms with E-state index >= 15 is 0 Å². The van der Waals surface area contributed by atoms with Crippen LogP contribution in [0.4, 0.5) is 16.2 Å². The third-order valence-electron chi connectivity index (χ3n) is 4.47. The van der Waals surface area contributed by atoms with Gasteiger partial charge in [-0.25, -0.2) is 4.79 Å². The van der Waals surface area contributed by atoms with E-state index in [1.54, 1.807) is 24.3 Å². The molecule has 1 aliphatic carbocycles. The van der Waals surface area contributed by atoms with Crippen molar-refractivity contribution in [2.75, 3.05) is 10.6 Å². The molecule has 136 valence electrons. The summed E-state index contributed by atoms with van der Waals surface area (Å²) in [4.78, 5) is 24.3. The summed E-state index contributed by atoms with van der Waals surface area (Å²) < 4.78 is 0. The number of benzene rings is 2. The Morgan fingerprint density at radius 2 is 1.42 bits per heavy atom. The number of amides is 3. The second kappa shape index (κ2) is 8.49. The molecule has 0 bridgehead atoms. The fraction of sp³-hybridized carbons (Fsp3) is 0.300. The number of carbonyl (C=O) groups excluding carboxylic acids is 2. The maximum atomic E-state index is 12.2. The molecule has 26 heavy (non-hydrogen) atoms. The van der Waals surface area contributed by atoms with E-state index in [-0.39, 0.29) is 24.1 Å². The first-order valence-electron chi connectivity index (χ1n) is 8.82. The number of para-hydroxylation sites is 1. The highest BCUT2D eigenvalue weighted by Gasteiger charge is 2.20. The lowest BCUT2D eigenvalue weighted by atomic mass is 9.93. The van der Waals surface area contributed by atoms with Gasteiger partial charge in [-0.05, 0) is 62.1 Å². The van der Waals surface area contributed by atoms with Gasteiger partial charge < -0.3 is 21.1 Å². The molecule has 6 heteroatoms. The van der Waals surface area contributed by atoms with Crippen LogP contribution in [-0.4, -0.2) is 29.2 Å². The van der Waals surface area contributed by atoms with E-state index in [0.29, 0.717) is 11.3 Å². The van der Waals surface area contributed by atoms with Crippen LogP contribution < -0.4 is 16.0 Å². The SMILES string of the molecule is O=C(Nc1ccc(C(=O)Nc2ccccc2)cc1)NC1CCC(O)CC1. The molecule has 3 rings (SSSR count). The zero-order valence-corrected chi connectivity index (χ0v) is 14.4. The van der Waals surface area contributed by atoms with Crippen LogP contribution in [0.25, 0.3) is 0 Å². The fourth-order valence-corrected chi connectivity index (χ4v) is 3.00. The van der Waals surface area contributed by atoms with E-state index in [9.17, 15) is 14.7 Å². The van der Waals surface area contributed by atoms with Crippen molar-refractivity contribution in [1.82, 2.24) is 5.32 Å². The molecule has 1 aliphatic rings. The number of rotatable bonds is 4. The number of aliphatic hydroxyl groups excluding tert-OH is 1. The largest absolute Gasteiger partial charge is 0.393 e. The van der Waals surface area contributed by atoms with Crippen molar-refractivity contribution in [3.63, 3.8) is 0 Å². The van der Waals surface area contributed by atoms with E-state index < -0.39 is 0 Å². The summed E-state index contributed by atoms with van der Waals surface area (Å²) in [5.74, 6) is -0.201. The van der Waals surface area contributed by atoms with Crippen LogP contribution in [0.1, 0.15) is 36.0 Å². The highest BCUT2D eigenvalue weighted by molar-refractivity contribution is 6.04. The molecule has 0 aliphatic heterocycles. The van der Waals surface area contributed by atoms with E-state index in [2.05, 4.69) is 16.0 Å². The first-order valence-corrected chi connectivity index (χ1v) is 8.82. The Morgan fingerprint density at radius 3 is 2.08 bits per heavy atom. The number of hydrogen-bond donors (Lipinski definition) is 4. The van der Waals surface area contributed by atoms with Crippen molar-refractivity contribution in [2.24, 2.45) is 0 Å². The molecule has 0 heterocycles. The number of hydrogen-bond acceptors (Lipinski definition) is 3. The Kier molecular flexibility index (Phi) is 5.86. The average molecular weight is 353 g/mol. The summed E-state index contributed by atoms with van der Waals surface area (Å²) in [6.07, 6.45) is 2.76. The molecule has 0 unspecified atom stereocenters. The molecule has 6 nitrogen and oxygen atoms in total. The van der Waals surface area contributed by atoms with Crippen LogP contribution >= 0.6 is 0 Å². The van der Waals surface area contributed by atoms with Gasteiger partial charge in [-0.3, -0.25) is 4.79 Å². The number of aliphatic hydroxyl groups is 1. The Labute approximate surface area is 152 Å². The van der Waals surface area contributed by atoms with Crippen molar-refractivity contribution in [1.29, 1.82) is 0 Å². The number of nitrogens with one attached hydrogen (secondary N) is 3. The van der Waals surface area contributed by atoms with Gasteiger partial charge in [-0.15, -0.1) is 0 Å². The lowest BCUT2D eigenvalue weighted by molar-refractivity contribution is 0.102. The minimum absolute atomic E-state index is 0.0920. The van der Waals surface area contributed by atoms with Gasteiger partial charge in [0, 0.05) is 23.0 Å². The summed E-state index contributed by atoms with van der Waals surface area (Å²) in [6.45, 7) is 0. The van der Waals surface area contributed by atoms with Crippen LogP contribution in [0.15, 0.2) is 54.6 Å². The molecule has 2 aromatic carbocycles. The van der Waals surface area contributed by atoms with Gasteiger partial charge in [-0.1, -0.05) is 18.2 Å². The normalized spacial score (nSPS) is 19.4. The second-order valence-electron chi connectivity index (χ2n) is 6.50. The van der Waals surface area contributed by atoms with E-state index in [1.165, 1.54) is 0 Å². The van der Waals surface area contributed by atoms with Gasteiger partial charge in [0.1, 0.15) is 0 Å². The van der Waals surface area contributed by atoms with Crippen LogP contribution in [0.2, 0.25) is 0 Å². The summed E-state index contributed by atoms with van der Waals surface area (Å²) in [5.41, 5.74) is 1.87.